The number of carbonyl (C=O) groups excluding carboxylic acids is 1. The summed E-state index contributed by atoms with van der Waals surface area (Å²) in [5, 5.41) is 7.54. The van der Waals surface area contributed by atoms with Crippen molar-refractivity contribution in [3.63, 3.8) is 0 Å². The minimum atomic E-state index is -0.440. The maximum absolute atomic E-state index is 9.45. The van der Waals surface area contributed by atoms with E-state index in [9.17, 15) is 4.79 Å². The van der Waals surface area contributed by atoms with Crippen LogP contribution in [0.4, 0.5) is 0 Å². The van der Waals surface area contributed by atoms with Crippen LogP contribution in [0, 0.1) is 14.9 Å². The van der Waals surface area contributed by atoms with Crippen LogP contribution in [0.3, 0.4) is 0 Å². The third-order valence-corrected chi connectivity index (χ3v) is 2.66. The summed E-state index contributed by atoms with van der Waals surface area (Å²) in [4.78, 5) is 9.45. The van der Waals surface area contributed by atoms with Gasteiger partial charge in [0.05, 0.1) is 0 Å². The smallest absolute Gasteiger partial charge is 0.358 e. The van der Waals surface area contributed by atoms with Crippen LogP contribution in [-0.4, -0.2) is 11.1 Å². The Kier molecular flexibility index (Phi) is 43.9. The zero-order chi connectivity index (χ0) is 11.4. The molecule has 0 aromatic carbocycles. The molecule has 2 aliphatic carbocycles. The van der Waals surface area contributed by atoms with Gasteiger partial charge in [-0.3, -0.25) is 10.0 Å². The van der Waals surface area contributed by atoms with E-state index < -0.39 is 5.91 Å². The molecule has 1 radical (unpaired) electrons. The Morgan fingerprint density at radius 1 is 0.789 bits per heavy atom. The second kappa shape index (κ2) is 26.6. The van der Waals surface area contributed by atoms with Gasteiger partial charge in [-0.1, -0.05) is 71.6 Å². The summed E-state index contributed by atoms with van der Waals surface area (Å²) in [5.41, 5.74) is 1.39. The number of amides is 1. The monoisotopic (exact) mass is 312 g/mol. The molecule has 2 fully saturated rings. The first-order valence-electron chi connectivity index (χ1n) is 6.18. The molecule has 0 bridgehead atoms. The van der Waals surface area contributed by atoms with Crippen LogP contribution in [0.15, 0.2) is 0 Å². The van der Waals surface area contributed by atoms with E-state index >= 15 is 0 Å². The first-order chi connectivity index (χ1) is 7.27. The Labute approximate surface area is 133 Å². The molecule has 4 heteroatoms. The Hall–Kier alpha value is 0.0144. The maximum atomic E-state index is 9.45. The number of nitrogens with one attached hydrogen (secondary N) is 1. The fourth-order valence-electron chi connectivity index (χ4n) is 1.77. The van der Waals surface area contributed by atoms with Gasteiger partial charge in [0.15, 0.2) is 0 Å². The predicted molar refractivity (Wildman–Crippen MR) is 81.3 cm³/mol. The molecule has 2 aliphatic rings. The van der Waals surface area contributed by atoms with Crippen LogP contribution in [-0.2, 0) is 23.4 Å². The van der Waals surface area contributed by atoms with E-state index in [2.05, 4.69) is 0 Å². The van der Waals surface area contributed by atoms with Crippen molar-refractivity contribution >= 4 is 5.91 Å². The molecule has 0 saturated heterocycles. The average Bonchev–Trinajstić information content (AvgIpc) is 2.96. The van der Waals surface area contributed by atoms with Crippen LogP contribution in [0.5, 0.6) is 0 Å². The molecule has 2 N–H and O–H groups in total. The van der Waals surface area contributed by atoms with E-state index in [1.54, 1.807) is 0 Å². The van der Waals surface area contributed by atoms with Gasteiger partial charge in [0, 0.05) is 6.92 Å². The molecule has 0 aromatic heterocycles. The number of rotatable bonds is 0. The molecule has 117 valence electrons. The van der Waals surface area contributed by atoms with Crippen molar-refractivity contribution in [3.05, 3.63) is 14.9 Å². The molecule has 3 nitrogen and oxygen atoms in total. The van der Waals surface area contributed by atoms with E-state index in [0.29, 0.717) is 0 Å². The van der Waals surface area contributed by atoms with Gasteiger partial charge in [-0.15, -0.1) is 0 Å². The minimum absolute atomic E-state index is 0. The number of hydrogen-bond acceptors (Lipinski definition) is 2. The fourth-order valence-corrected chi connectivity index (χ4v) is 1.77. The molecular formula is C15H35NO2V. The molecule has 0 heterocycles. The fraction of sp³-hybridized carbons (Fsp3) is 0.800. The summed E-state index contributed by atoms with van der Waals surface area (Å²) < 4.78 is 0. The van der Waals surface area contributed by atoms with Gasteiger partial charge in [-0.05, 0) is 0 Å². The molecule has 2 saturated carbocycles. The Morgan fingerprint density at radius 2 is 0.895 bits per heavy atom. The first kappa shape index (κ1) is 31.4. The standard InChI is InChI=1S/2C5H10.C2H5NO2.CH4.2CH3.V/c2*1-2-4-5-3-1;1-2(4)3-5;;;;/h2*1-5H2;5H,1H3,(H,3,4);1H4;2*1H3;/q;;;;2*-1;+2. The molecule has 0 atom stereocenters. The predicted octanol–water partition coefficient (Wildman–Crippen LogP) is 4.95. The molecule has 0 aliphatic heterocycles. The maximum Gasteiger partial charge on any atom is 2.00 e. The molecule has 1 amide bonds. The van der Waals surface area contributed by atoms with Gasteiger partial charge >= 0.3 is 18.6 Å². The van der Waals surface area contributed by atoms with Crippen molar-refractivity contribution in [2.45, 2.75) is 78.6 Å². The van der Waals surface area contributed by atoms with E-state index in [1.807, 2.05) is 0 Å². The van der Waals surface area contributed by atoms with Crippen LogP contribution in [0.2, 0.25) is 0 Å². The zero-order valence-electron chi connectivity index (χ0n) is 12.4. The quantitative estimate of drug-likeness (QED) is 0.378. The zero-order valence-corrected chi connectivity index (χ0v) is 13.8. The van der Waals surface area contributed by atoms with Crippen molar-refractivity contribution in [1.82, 2.24) is 5.48 Å². The third-order valence-electron chi connectivity index (χ3n) is 2.66. The molecule has 0 spiro atoms. The summed E-state index contributed by atoms with van der Waals surface area (Å²) in [7, 11) is 0. The largest absolute Gasteiger partial charge is 2.00 e. The second-order valence-electron chi connectivity index (χ2n) is 4.20. The summed E-state index contributed by atoms with van der Waals surface area (Å²) in [6, 6.07) is 0. The van der Waals surface area contributed by atoms with E-state index in [-0.39, 0.29) is 40.8 Å². The molecule has 19 heavy (non-hydrogen) atoms. The van der Waals surface area contributed by atoms with E-state index in [1.165, 1.54) is 76.6 Å². The van der Waals surface area contributed by atoms with Gasteiger partial charge in [-0.25, -0.2) is 5.48 Å². The van der Waals surface area contributed by atoms with Crippen LogP contribution in [0.25, 0.3) is 0 Å². The first-order valence-corrected chi connectivity index (χ1v) is 6.18. The van der Waals surface area contributed by atoms with Crippen molar-refractivity contribution in [2.75, 3.05) is 0 Å². The van der Waals surface area contributed by atoms with Gasteiger partial charge in [0.2, 0.25) is 5.91 Å². The van der Waals surface area contributed by atoms with Crippen LogP contribution in [0.1, 0.15) is 78.6 Å². The second-order valence-corrected chi connectivity index (χ2v) is 4.20. The molecule has 0 aromatic rings. The van der Waals surface area contributed by atoms with Crippen molar-refractivity contribution in [1.29, 1.82) is 0 Å². The Bertz CT molecular complexity index is 122. The summed E-state index contributed by atoms with van der Waals surface area (Å²) in [6.07, 6.45) is 15.0. The Morgan fingerprint density at radius 3 is 0.947 bits per heavy atom. The van der Waals surface area contributed by atoms with E-state index in [0.717, 1.165) is 0 Å². The summed E-state index contributed by atoms with van der Waals surface area (Å²) >= 11 is 0. The molecular weight excluding hydrogens is 277 g/mol. The summed E-state index contributed by atoms with van der Waals surface area (Å²) in [6.45, 7) is 1.22. The van der Waals surface area contributed by atoms with E-state index in [4.69, 9.17) is 5.21 Å². The normalized spacial score (nSPS) is 14.4. The number of hydroxylamine groups is 1. The summed E-state index contributed by atoms with van der Waals surface area (Å²) in [5.74, 6) is -0.440. The van der Waals surface area contributed by atoms with Crippen LogP contribution < -0.4 is 5.48 Å². The molecule has 0 unspecified atom stereocenters. The third kappa shape index (κ3) is 32.0. The SMILES string of the molecule is C.C1CCCC1.C1CCCC1.CC(=O)NO.[CH3-].[CH3-].[V+2]. The number of carbonyl (C=O) groups is 1. The van der Waals surface area contributed by atoms with Gasteiger partial charge in [0.1, 0.15) is 0 Å². The minimum Gasteiger partial charge on any atom is -0.358 e. The van der Waals surface area contributed by atoms with Gasteiger partial charge in [0.25, 0.3) is 0 Å². The van der Waals surface area contributed by atoms with Crippen molar-refractivity contribution < 1.29 is 28.6 Å². The van der Waals surface area contributed by atoms with Crippen LogP contribution >= 0.6 is 0 Å². The van der Waals surface area contributed by atoms with Crippen molar-refractivity contribution in [2.24, 2.45) is 0 Å². The number of hydrogen-bond donors (Lipinski definition) is 2. The average molecular weight is 312 g/mol. The topological polar surface area (TPSA) is 49.3 Å². The van der Waals surface area contributed by atoms with Crippen molar-refractivity contribution in [3.8, 4) is 0 Å². The Balaban J connectivity index is -0.0000000467. The van der Waals surface area contributed by atoms with Gasteiger partial charge in [-0.2, -0.15) is 0 Å². The van der Waals surface area contributed by atoms with Gasteiger partial charge < -0.3 is 14.9 Å². The molecule has 2 rings (SSSR count).